The van der Waals surface area contributed by atoms with Crippen molar-refractivity contribution in [1.29, 1.82) is 0 Å². The second kappa shape index (κ2) is 5.17. The second-order valence-corrected chi connectivity index (χ2v) is 13.5. The van der Waals surface area contributed by atoms with Crippen LogP contribution >= 0.6 is 33.3 Å². The molecule has 2 amide bonds. The Morgan fingerprint density at radius 1 is 0.793 bits per heavy atom. The summed E-state index contributed by atoms with van der Waals surface area (Å²) in [5.74, 6) is -1.58. The van der Waals surface area contributed by atoms with E-state index in [0.717, 1.165) is 0 Å². The molecule has 7 fully saturated rings. The Hall–Kier alpha value is -0.750. The van der Waals surface area contributed by atoms with Crippen molar-refractivity contribution in [3.05, 3.63) is 0 Å². The summed E-state index contributed by atoms with van der Waals surface area (Å²) in [5.41, 5.74) is 0. The van der Waals surface area contributed by atoms with E-state index in [1.54, 1.807) is 0 Å². The van der Waals surface area contributed by atoms with Crippen LogP contribution in [0.2, 0.25) is 0 Å². The molecule has 0 aromatic carbocycles. The second-order valence-electron chi connectivity index (χ2n) is 9.22. The van der Waals surface area contributed by atoms with Gasteiger partial charge < -0.3 is 20.0 Å². The molecule has 0 radical (unpaired) electrons. The highest BCUT2D eigenvalue weighted by atomic mass is 33.1. The number of nitrogens with zero attached hydrogens (tertiary/aromatic N) is 2. The lowest BCUT2D eigenvalue weighted by Crippen LogP contribution is -2.77. The van der Waals surface area contributed by atoms with Gasteiger partial charge in [0.1, 0.15) is 11.6 Å². The topological polar surface area (TPSA) is 115 Å². The van der Waals surface area contributed by atoms with Crippen LogP contribution in [0.5, 0.6) is 0 Å². The van der Waals surface area contributed by atoms with Gasteiger partial charge in [-0.1, -0.05) is 21.6 Å². The number of amides is 2. The number of rotatable bonds is 0. The van der Waals surface area contributed by atoms with Crippen LogP contribution in [-0.4, -0.2) is 87.9 Å². The van der Waals surface area contributed by atoms with Crippen molar-refractivity contribution in [2.45, 2.75) is 70.2 Å². The number of aliphatic hydroxyl groups is 2. The van der Waals surface area contributed by atoms with E-state index in [2.05, 4.69) is 0 Å². The fourth-order valence-corrected chi connectivity index (χ4v) is 12.2. The van der Waals surface area contributed by atoms with Gasteiger partial charge in [-0.15, -0.1) is 11.8 Å². The van der Waals surface area contributed by atoms with Gasteiger partial charge in [-0.05, 0) is 0 Å². The fourth-order valence-electron chi connectivity index (χ4n) is 6.86. The Kier molecular flexibility index (Phi) is 3.19. The molecule has 11 heteroatoms. The van der Waals surface area contributed by atoms with Gasteiger partial charge in [0.2, 0.25) is 0 Å². The molecule has 2 aliphatic carbocycles. The first kappa shape index (κ1) is 17.9. The average molecular weight is 455 g/mol. The van der Waals surface area contributed by atoms with Crippen LogP contribution < -0.4 is 0 Å². The number of aliphatic hydroxyl groups excluding tert-OH is 2. The van der Waals surface area contributed by atoms with E-state index in [0.29, 0.717) is 0 Å². The third kappa shape index (κ3) is 1.73. The molecule has 5 heterocycles. The van der Waals surface area contributed by atoms with Crippen LogP contribution in [0.25, 0.3) is 0 Å². The van der Waals surface area contributed by atoms with Crippen molar-refractivity contribution in [2.75, 3.05) is 0 Å². The monoisotopic (exact) mass is 454 g/mol. The lowest BCUT2D eigenvalue weighted by molar-refractivity contribution is -0.171. The van der Waals surface area contributed by atoms with E-state index in [9.17, 15) is 29.4 Å². The fraction of sp³-hybridized carbons (Fsp3) is 0.778. The van der Waals surface area contributed by atoms with E-state index in [1.807, 2.05) is 0 Å². The van der Waals surface area contributed by atoms with E-state index < -0.39 is 51.1 Å². The minimum atomic E-state index is -1.24. The van der Waals surface area contributed by atoms with Crippen molar-refractivity contribution < 1.29 is 29.4 Å². The van der Waals surface area contributed by atoms with Gasteiger partial charge in [-0.25, -0.2) is 0 Å². The molecule has 7 aliphatic rings. The van der Waals surface area contributed by atoms with Gasteiger partial charge in [0.15, 0.2) is 9.74 Å². The molecule has 6 bridgehead atoms. The zero-order valence-corrected chi connectivity index (χ0v) is 17.5. The van der Waals surface area contributed by atoms with Gasteiger partial charge in [0.05, 0.1) is 29.5 Å². The number of carbonyl (C=O) groups excluding carboxylic acids is 4. The number of piperazine rings is 1. The van der Waals surface area contributed by atoms with Gasteiger partial charge in [-0.2, -0.15) is 0 Å². The standard InChI is InChI=1S/C18H18N2O6S3/c21-7-1-9-13(23)11-5(7)3-17(27-9)15(25)20-12-6-4-18(20,16(26)19(11)17)29-28-10(14(12)24)2-8(6)22/h5-6,9-14,23-24H,1-4H2/t5-,6-,9+,10+,11-,12-,13-,14-,17+,18+/m1/s1. The van der Waals surface area contributed by atoms with Gasteiger partial charge in [0, 0.05) is 42.8 Å². The number of ketones is 2. The molecule has 7 rings (SSSR count). The molecule has 10 atom stereocenters. The summed E-state index contributed by atoms with van der Waals surface area (Å²) in [5, 5.41) is 21.1. The predicted molar refractivity (Wildman–Crippen MR) is 105 cm³/mol. The van der Waals surface area contributed by atoms with Crippen LogP contribution in [0.4, 0.5) is 0 Å². The summed E-state index contributed by atoms with van der Waals surface area (Å²) in [6.45, 7) is 0. The van der Waals surface area contributed by atoms with Crippen LogP contribution in [-0.2, 0) is 19.2 Å². The SMILES string of the molecule is O=C1C[C@@H]2SS[C@]34C[C@H]1[C@H]([C@@H]2O)N3C(=O)[C@]12C[C@@H]3C(=O)C[C@H](S1)[C@@H](O)[C@@H]3N2C4=O. The Bertz CT molecular complexity index is 931. The molecular formula is C18H18N2O6S3. The lowest BCUT2D eigenvalue weighted by atomic mass is 9.80. The number of fused-ring (bicyclic) bond motifs is 2. The Morgan fingerprint density at radius 2 is 1.31 bits per heavy atom. The molecule has 5 saturated heterocycles. The van der Waals surface area contributed by atoms with Crippen LogP contribution in [0.1, 0.15) is 25.7 Å². The summed E-state index contributed by atoms with van der Waals surface area (Å²) in [4.78, 5) is 54.1. The Balaban J connectivity index is 1.44. The Morgan fingerprint density at radius 3 is 2.00 bits per heavy atom. The number of Topliss-reactive ketones (excluding diaryl/α,β-unsaturated/α-hetero) is 2. The first-order valence-electron chi connectivity index (χ1n) is 9.91. The third-order valence-corrected chi connectivity index (χ3v) is 13.2. The van der Waals surface area contributed by atoms with Crippen LogP contribution in [0.15, 0.2) is 0 Å². The molecule has 154 valence electrons. The van der Waals surface area contributed by atoms with E-state index in [4.69, 9.17) is 0 Å². The van der Waals surface area contributed by atoms with Crippen molar-refractivity contribution in [3.63, 3.8) is 0 Å². The minimum absolute atomic E-state index is 0.0102. The van der Waals surface area contributed by atoms with Crippen molar-refractivity contribution in [3.8, 4) is 0 Å². The molecule has 0 aromatic rings. The number of carbonyl (C=O) groups is 4. The van der Waals surface area contributed by atoms with Crippen molar-refractivity contribution >= 4 is 56.7 Å². The van der Waals surface area contributed by atoms with Crippen molar-refractivity contribution in [1.82, 2.24) is 9.80 Å². The zero-order chi connectivity index (χ0) is 20.0. The van der Waals surface area contributed by atoms with Gasteiger partial charge in [0.25, 0.3) is 11.8 Å². The van der Waals surface area contributed by atoms with Crippen LogP contribution in [0, 0.1) is 11.8 Å². The number of thioether (sulfide) groups is 1. The lowest BCUT2D eigenvalue weighted by Gasteiger charge is -2.58. The number of hydrogen-bond acceptors (Lipinski definition) is 9. The molecule has 0 aromatic heterocycles. The van der Waals surface area contributed by atoms with Gasteiger partial charge in [-0.3, -0.25) is 19.2 Å². The number of hydrogen-bond donors (Lipinski definition) is 2. The molecule has 2 N–H and O–H groups in total. The summed E-state index contributed by atoms with van der Waals surface area (Å²) in [6.07, 6.45) is -0.791. The normalized spacial score (nSPS) is 56.8. The predicted octanol–water partition coefficient (Wildman–Crippen LogP) is -0.627. The highest BCUT2D eigenvalue weighted by molar-refractivity contribution is 8.77. The smallest absolute Gasteiger partial charge is 0.261 e. The minimum Gasteiger partial charge on any atom is -0.390 e. The summed E-state index contributed by atoms with van der Waals surface area (Å²) in [7, 11) is 2.61. The summed E-state index contributed by atoms with van der Waals surface area (Å²) < 4.78 is 0. The van der Waals surface area contributed by atoms with Gasteiger partial charge >= 0.3 is 0 Å². The first-order chi connectivity index (χ1) is 13.8. The summed E-state index contributed by atoms with van der Waals surface area (Å²) in [6, 6.07) is -1.35. The molecule has 0 spiro atoms. The zero-order valence-electron chi connectivity index (χ0n) is 15.1. The van der Waals surface area contributed by atoms with Crippen molar-refractivity contribution in [2.24, 2.45) is 11.8 Å². The van der Waals surface area contributed by atoms with E-state index in [-0.39, 0.29) is 54.3 Å². The maximum Gasteiger partial charge on any atom is 0.261 e. The quantitative estimate of drug-likeness (QED) is 0.462. The maximum absolute atomic E-state index is 14.1. The molecule has 8 nitrogen and oxygen atoms in total. The van der Waals surface area contributed by atoms with E-state index >= 15 is 0 Å². The average Bonchev–Trinajstić information content (AvgIpc) is 3.10. The summed E-state index contributed by atoms with van der Waals surface area (Å²) >= 11 is 1.24. The maximum atomic E-state index is 14.1. The third-order valence-electron chi connectivity index (χ3n) is 8.05. The Labute approximate surface area is 177 Å². The van der Waals surface area contributed by atoms with Crippen LogP contribution in [0.3, 0.4) is 0 Å². The molecule has 2 saturated carbocycles. The highest BCUT2D eigenvalue weighted by Gasteiger charge is 2.80. The molecule has 29 heavy (non-hydrogen) atoms. The highest BCUT2D eigenvalue weighted by Crippen LogP contribution is 2.68. The molecule has 0 unspecified atom stereocenters. The largest absolute Gasteiger partial charge is 0.390 e. The molecular weight excluding hydrogens is 436 g/mol. The first-order valence-corrected chi connectivity index (χ1v) is 13.0. The van der Waals surface area contributed by atoms with E-state index in [1.165, 1.54) is 43.1 Å². The molecule has 5 aliphatic heterocycles.